The van der Waals surface area contributed by atoms with E-state index >= 15 is 0 Å². The van der Waals surface area contributed by atoms with Crippen molar-refractivity contribution >= 4 is 21.6 Å². The molecular weight excluding hydrogens is 278 g/mol. The van der Waals surface area contributed by atoms with E-state index in [0.717, 1.165) is 13.0 Å². The van der Waals surface area contributed by atoms with E-state index in [9.17, 15) is 8.42 Å². The monoisotopic (exact) mass is 301 g/mol. The van der Waals surface area contributed by atoms with Gasteiger partial charge in [-0.1, -0.05) is 25.1 Å². The van der Waals surface area contributed by atoms with E-state index in [0.29, 0.717) is 6.42 Å². The zero-order valence-corrected chi connectivity index (χ0v) is 13.5. The van der Waals surface area contributed by atoms with E-state index in [2.05, 4.69) is 24.4 Å². The number of rotatable bonds is 8. The van der Waals surface area contributed by atoms with Crippen molar-refractivity contribution in [2.45, 2.75) is 30.7 Å². The highest BCUT2D eigenvalue weighted by Crippen LogP contribution is 2.27. The Kier molecular flexibility index (Phi) is 6.89. The molecule has 0 saturated carbocycles. The first-order valence-electron chi connectivity index (χ1n) is 6.52. The van der Waals surface area contributed by atoms with E-state index in [1.807, 2.05) is 18.4 Å². The fourth-order valence-corrected chi connectivity index (χ4v) is 3.30. The van der Waals surface area contributed by atoms with Crippen LogP contribution in [0.1, 0.15) is 31.4 Å². The van der Waals surface area contributed by atoms with Crippen molar-refractivity contribution in [1.82, 2.24) is 5.32 Å². The Morgan fingerprint density at radius 1 is 1.32 bits per heavy atom. The van der Waals surface area contributed by atoms with Gasteiger partial charge in [-0.3, -0.25) is 0 Å². The molecule has 0 aliphatic carbocycles. The van der Waals surface area contributed by atoms with Gasteiger partial charge in [0.2, 0.25) is 0 Å². The van der Waals surface area contributed by atoms with E-state index in [4.69, 9.17) is 0 Å². The number of hydrogen-bond donors (Lipinski definition) is 1. The van der Waals surface area contributed by atoms with Gasteiger partial charge in [-0.05, 0) is 37.3 Å². The number of benzene rings is 1. The fraction of sp³-hybridized carbons (Fsp3) is 0.571. The van der Waals surface area contributed by atoms with E-state index in [-0.39, 0.29) is 11.8 Å². The van der Waals surface area contributed by atoms with Gasteiger partial charge in [-0.15, -0.1) is 11.8 Å². The summed E-state index contributed by atoms with van der Waals surface area (Å²) in [5.41, 5.74) is 1.20. The Labute approximate surface area is 121 Å². The number of thioether (sulfide) groups is 1. The second-order valence-electron chi connectivity index (χ2n) is 4.67. The summed E-state index contributed by atoms with van der Waals surface area (Å²) < 4.78 is 22.7. The Bertz CT molecular complexity index is 486. The average Bonchev–Trinajstić information content (AvgIpc) is 2.38. The van der Waals surface area contributed by atoms with Gasteiger partial charge in [-0.25, -0.2) is 8.42 Å². The fourth-order valence-electron chi connectivity index (χ4n) is 1.97. The highest BCUT2D eigenvalue weighted by atomic mass is 32.2. The van der Waals surface area contributed by atoms with Gasteiger partial charge in [-0.2, -0.15) is 0 Å². The van der Waals surface area contributed by atoms with Crippen LogP contribution >= 0.6 is 11.8 Å². The first-order valence-corrected chi connectivity index (χ1v) is 9.80. The molecule has 1 atom stereocenters. The molecule has 5 heteroatoms. The first kappa shape index (κ1) is 16.5. The van der Waals surface area contributed by atoms with Crippen LogP contribution in [0.2, 0.25) is 0 Å². The third-order valence-corrected chi connectivity index (χ3v) is 4.72. The Balaban J connectivity index is 2.88. The SMILES string of the molecule is CCCNC(CCS(C)(=O)=O)c1ccccc1SC. The molecule has 0 radical (unpaired) electrons. The molecule has 0 aromatic heterocycles. The highest BCUT2D eigenvalue weighted by Gasteiger charge is 2.16. The number of sulfone groups is 1. The van der Waals surface area contributed by atoms with Gasteiger partial charge < -0.3 is 5.32 Å². The third-order valence-electron chi connectivity index (χ3n) is 2.93. The molecule has 1 aromatic rings. The predicted molar refractivity (Wildman–Crippen MR) is 83.6 cm³/mol. The molecule has 19 heavy (non-hydrogen) atoms. The smallest absolute Gasteiger partial charge is 0.147 e. The summed E-state index contributed by atoms with van der Waals surface area (Å²) in [6.07, 6.45) is 5.00. The molecule has 1 unspecified atom stereocenters. The maximum atomic E-state index is 11.4. The van der Waals surface area contributed by atoms with Crippen molar-refractivity contribution in [2.75, 3.05) is 24.8 Å². The lowest BCUT2D eigenvalue weighted by Crippen LogP contribution is -2.25. The van der Waals surface area contributed by atoms with Crippen LogP contribution in [-0.4, -0.2) is 33.2 Å². The second-order valence-corrected chi connectivity index (χ2v) is 7.78. The van der Waals surface area contributed by atoms with Crippen molar-refractivity contribution < 1.29 is 8.42 Å². The minimum Gasteiger partial charge on any atom is -0.310 e. The second kappa shape index (κ2) is 7.92. The van der Waals surface area contributed by atoms with E-state index < -0.39 is 9.84 Å². The maximum absolute atomic E-state index is 11.4. The van der Waals surface area contributed by atoms with Crippen molar-refractivity contribution in [3.8, 4) is 0 Å². The molecule has 0 spiro atoms. The standard InChI is InChI=1S/C14H23NO2S2/c1-4-10-15-13(9-11-19(3,16)17)12-7-5-6-8-14(12)18-2/h5-8,13,15H,4,9-11H2,1-3H3. The van der Waals surface area contributed by atoms with Crippen LogP contribution < -0.4 is 5.32 Å². The molecule has 108 valence electrons. The first-order chi connectivity index (χ1) is 8.98. The lowest BCUT2D eigenvalue weighted by Gasteiger charge is -2.21. The summed E-state index contributed by atoms with van der Waals surface area (Å²) in [5, 5.41) is 3.46. The van der Waals surface area contributed by atoms with Gasteiger partial charge in [0.15, 0.2) is 0 Å². The zero-order valence-electron chi connectivity index (χ0n) is 11.8. The lowest BCUT2D eigenvalue weighted by molar-refractivity contribution is 0.508. The normalized spacial score (nSPS) is 13.4. The van der Waals surface area contributed by atoms with Gasteiger partial charge in [0.25, 0.3) is 0 Å². The Morgan fingerprint density at radius 2 is 2.00 bits per heavy atom. The molecule has 0 fully saturated rings. The van der Waals surface area contributed by atoms with Crippen LogP contribution in [0, 0.1) is 0 Å². The van der Waals surface area contributed by atoms with Crippen LogP contribution in [-0.2, 0) is 9.84 Å². The minimum absolute atomic E-state index is 0.110. The lowest BCUT2D eigenvalue weighted by atomic mass is 10.0. The van der Waals surface area contributed by atoms with Crippen LogP contribution in [0.15, 0.2) is 29.2 Å². The summed E-state index contributed by atoms with van der Waals surface area (Å²) in [6, 6.07) is 8.31. The number of nitrogens with one attached hydrogen (secondary N) is 1. The van der Waals surface area contributed by atoms with Gasteiger partial charge in [0.1, 0.15) is 9.84 Å². The maximum Gasteiger partial charge on any atom is 0.147 e. The Hall–Kier alpha value is -0.520. The van der Waals surface area contributed by atoms with Crippen molar-refractivity contribution in [2.24, 2.45) is 0 Å². The van der Waals surface area contributed by atoms with E-state index in [1.54, 1.807) is 11.8 Å². The largest absolute Gasteiger partial charge is 0.310 e. The van der Waals surface area contributed by atoms with Crippen LogP contribution in [0.3, 0.4) is 0 Å². The van der Waals surface area contributed by atoms with Gasteiger partial charge in [0, 0.05) is 17.2 Å². The molecular formula is C14H23NO2S2. The predicted octanol–water partition coefficient (Wildman–Crippen LogP) is 2.88. The van der Waals surface area contributed by atoms with Gasteiger partial charge in [0.05, 0.1) is 5.75 Å². The van der Waals surface area contributed by atoms with Crippen LogP contribution in [0.4, 0.5) is 0 Å². The van der Waals surface area contributed by atoms with Crippen molar-refractivity contribution in [3.63, 3.8) is 0 Å². The van der Waals surface area contributed by atoms with Crippen molar-refractivity contribution in [3.05, 3.63) is 29.8 Å². The molecule has 0 aliphatic rings. The molecule has 1 N–H and O–H groups in total. The van der Waals surface area contributed by atoms with Crippen LogP contribution in [0.5, 0.6) is 0 Å². The third kappa shape index (κ3) is 5.97. The number of hydrogen-bond acceptors (Lipinski definition) is 4. The quantitative estimate of drug-likeness (QED) is 0.750. The minimum atomic E-state index is -2.92. The molecule has 0 amide bonds. The molecule has 0 aliphatic heterocycles. The van der Waals surface area contributed by atoms with Crippen LogP contribution in [0.25, 0.3) is 0 Å². The average molecular weight is 301 g/mol. The van der Waals surface area contributed by atoms with Crippen molar-refractivity contribution in [1.29, 1.82) is 0 Å². The Morgan fingerprint density at radius 3 is 2.58 bits per heavy atom. The molecule has 1 aromatic carbocycles. The summed E-state index contributed by atoms with van der Waals surface area (Å²) >= 11 is 1.70. The summed E-state index contributed by atoms with van der Waals surface area (Å²) in [4.78, 5) is 1.21. The summed E-state index contributed by atoms with van der Waals surface area (Å²) in [6.45, 7) is 3.01. The zero-order chi connectivity index (χ0) is 14.3. The molecule has 0 saturated heterocycles. The summed E-state index contributed by atoms with van der Waals surface area (Å²) in [7, 11) is -2.92. The topological polar surface area (TPSA) is 46.2 Å². The van der Waals surface area contributed by atoms with Gasteiger partial charge >= 0.3 is 0 Å². The molecule has 0 bridgehead atoms. The summed E-state index contributed by atoms with van der Waals surface area (Å²) in [5.74, 6) is 0.219. The molecule has 1 rings (SSSR count). The molecule has 0 heterocycles. The van der Waals surface area contributed by atoms with E-state index in [1.165, 1.54) is 16.7 Å². The highest BCUT2D eigenvalue weighted by molar-refractivity contribution is 7.98. The molecule has 3 nitrogen and oxygen atoms in total.